The second-order valence-electron chi connectivity index (χ2n) is 4.33. The number of fused-ring (bicyclic) bond motifs is 1. The smallest absolute Gasteiger partial charge is 0.274 e. The quantitative estimate of drug-likeness (QED) is 0.692. The van der Waals surface area contributed by atoms with Gasteiger partial charge in [-0.05, 0) is 40.2 Å². The molecule has 4 nitrogen and oxygen atoms in total. The Kier molecular flexibility index (Phi) is 3.86. The van der Waals surface area contributed by atoms with Crippen LogP contribution in [0, 0.1) is 0 Å². The standard InChI is InChI=1S/C15H9BrClN3O/c16-14-6-5-9(8-18-14)19-15(21)13-7-11(17)10-3-1-2-4-12(10)20-13/h1-8H,(H,19,21). The molecule has 0 aliphatic carbocycles. The second kappa shape index (κ2) is 5.79. The Balaban J connectivity index is 1.92. The van der Waals surface area contributed by atoms with Gasteiger partial charge in [0.05, 0.1) is 22.4 Å². The fourth-order valence-corrected chi connectivity index (χ4v) is 2.39. The van der Waals surface area contributed by atoms with E-state index in [4.69, 9.17) is 11.6 Å². The fourth-order valence-electron chi connectivity index (χ4n) is 1.89. The van der Waals surface area contributed by atoms with Crippen LogP contribution in [0.1, 0.15) is 10.5 Å². The maximum Gasteiger partial charge on any atom is 0.274 e. The lowest BCUT2D eigenvalue weighted by atomic mass is 10.2. The SMILES string of the molecule is O=C(Nc1ccc(Br)nc1)c1cc(Cl)c2ccccc2n1. The van der Waals surface area contributed by atoms with E-state index >= 15 is 0 Å². The van der Waals surface area contributed by atoms with Gasteiger partial charge in [-0.15, -0.1) is 0 Å². The maximum absolute atomic E-state index is 12.2. The van der Waals surface area contributed by atoms with E-state index in [0.717, 1.165) is 5.39 Å². The van der Waals surface area contributed by atoms with Crippen LogP contribution < -0.4 is 5.32 Å². The molecule has 3 rings (SSSR count). The molecule has 0 saturated heterocycles. The zero-order chi connectivity index (χ0) is 14.8. The molecule has 0 aliphatic rings. The number of hydrogen-bond acceptors (Lipinski definition) is 3. The number of aromatic nitrogens is 2. The molecule has 3 aromatic rings. The Bertz CT molecular complexity index is 821. The summed E-state index contributed by atoms with van der Waals surface area (Å²) in [6.45, 7) is 0. The molecule has 1 aromatic carbocycles. The lowest BCUT2D eigenvalue weighted by Gasteiger charge is -2.06. The van der Waals surface area contributed by atoms with E-state index in [1.807, 2.05) is 24.3 Å². The van der Waals surface area contributed by atoms with Crippen molar-refractivity contribution in [3.63, 3.8) is 0 Å². The summed E-state index contributed by atoms with van der Waals surface area (Å²) in [4.78, 5) is 20.6. The lowest BCUT2D eigenvalue weighted by Crippen LogP contribution is -2.14. The van der Waals surface area contributed by atoms with Crippen LogP contribution in [0.2, 0.25) is 5.02 Å². The number of hydrogen-bond donors (Lipinski definition) is 1. The number of benzene rings is 1. The van der Waals surface area contributed by atoms with Gasteiger partial charge in [-0.2, -0.15) is 0 Å². The largest absolute Gasteiger partial charge is 0.319 e. The average Bonchev–Trinajstić information content (AvgIpc) is 2.49. The van der Waals surface area contributed by atoms with Crippen molar-refractivity contribution in [2.24, 2.45) is 0 Å². The van der Waals surface area contributed by atoms with Gasteiger partial charge in [0, 0.05) is 5.39 Å². The Labute approximate surface area is 134 Å². The molecule has 2 aromatic heterocycles. The molecule has 0 unspecified atom stereocenters. The second-order valence-corrected chi connectivity index (χ2v) is 5.55. The van der Waals surface area contributed by atoms with Crippen LogP contribution in [0.3, 0.4) is 0 Å². The van der Waals surface area contributed by atoms with Gasteiger partial charge in [0.1, 0.15) is 10.3 Å². The number of pyridine rings is 2. The lowest BCUT2D eigenvalue weighted by molar-refractivity contribution is 0.102. The molecule has 0 spiro atoms. The van der Waals surface area contributed by atoms with Crippen LogP contribution in [-0.2, 0) is 0 Å². The van der Waals surface area contributed by atoms with Crippen molar-refractivity contribution < 1.29 is 4.79 Å². The van der Waals surface area contributed by atoms with Crippen LogP contribution in [-0.4, -0.2) is 15.9 Å². The summed E-state index contributed by atoms with van der Waals surface area (Å²) in [6.07, 6.45) is 1.56. The van der Waals surface area contributed by atoms with E-state index in [-0.39, 0.29) is 11.6 Å². The summed E-state index contributed by atoms with van der Waals surface area (Å²) in [5, 5.41) is 4.05. The molecule has 0 fully saturated rings. The van der Waals surface area contributed by atoms with Gasteiger partial charge in [-0.3, -0.25) is 4.79 Å². The molecule has 104 valence electrons. The van der Waals surface area contributed by atoms with E-state index in [2.05, 4.69) is 31.2 Å². The zero-order valence-corrected chi connectivity index (χ0v) is 13.0. The van der Waals surface area contributed by atoms with Crippen LogP contribution in [0.4, 0.5) is 5.69 Å². The fraction of sp³-hybridized carbons (Fsp3) is 0. The third-order valence-electron chi connectivity index (χ3n) is 2.88. The molecule has 0 aliphatic heterocycles. The molecule has 6 heteroatoms. The molecule has 1 amide bonds. The van der Waals surface area contributed by atoms with Gasteiger partial charge in [-0.1, -0.05) is 29.8 Å². The molecule has 0 saturated carbocycles. The highest BCUT2D eigenvalue weighted by molar-refractivity contribution is 9.10. The highest BCUT2D eigenvalue weighted by Gasteiger charge is 2.11. The molecule has 0 bridgehead atoms. The minimum absolute atomic E-state index is 0.265. The van der Waals surface area contributed by atoms with E-state index < -0.39 is 0 Å². The summed E-state index contributed by atoms with van der Waals surface area (Å²) in [5.41, 5.74) is 1.54. The van der Waals surface area contributed by atoms with E-state index in [0.29, 0.717) is 20.8 Å². The van der Waals surface area contributed by atoms with Gasteiger partial charge in [0.2, 0.25) is 0 Å². The first-order valence-corrected chi connectivity index (χ1v) is 7.29. The number of nitrogens with zero attached hydrogens (tertiary/aromatic N) is 2. The van der Waals surface area contributed by atoms with Crippen molar-refractivity contribution >= 4 is 50.0 Å². The van der Waals surface area contributed by atoms with Crippen molar-refractivity contribution in [2.75, 3.05) is 5.32 Å². The highest BCUT2D eigenvalue weighted by Crippen LogP contribution is 2.23. The Morgan fingerprint density at radius 1 is 1.19 bits per heavy atom. The molecule has 1 N–H and O–H groups in total. The Morgan fingerprint density at radius 3 is 2.76 bits per heavy atom. The highest BCUT2D eigenvalue weighted by atomic mass is 79.9. The summed E-state index contributed by atoms with van der Waals surface area (Å²) >= 11 is 9.43. The molecule has 0 atom stereocenters. The van der Waals surface area contributed by atoms with Gasteiger partial charge in [0.25, 0.3) is 5.91 Å². The van der Waals surface area contributed by atoms with Gasteiger partial charge < -0.3 is 5.32 Å². The van der Waals surface area contributed by atoms with Crippen molar-refractivity contribution in [2.45, 2.75) is 0 Å². The molecular weight excluding hydrogens is 354 g/mol. The predicted molar refractivity (Wildman–Crippen MR) is 86.6 cm³/mol. The van der Waals surface area contributed by atoms with Gasteiger partial charge in [0.15, 0.2) is 0 Å². The zero-order valence-electron chi connectivity index (χ0n) is 10.7. The summed E-state index contributed by atoms with van der Waals surface area (Å²) in [5.74, 6) is -0.327. The third kappa shape index (κ3) is 3.04. The van der Waals surface area contributed by atoms with E-state index in [1.54, 1.807) is 24.4 Å². The number of carbonyl (C=O) groups is 1. The number of halogens is 2. The first kappa shape index (κ1) is 14.0. The third-order valence-corrected chi connectivity index (χ3v) is 3.67. The minimum atomic E-state index is -0.327. The number of rotatable bonds is 2. The van der Waals surface area contributed by atoms with Crippen molar-refractivity contribution in [1.82, 2.24) is 9.97 Å². The average molecular weight is 363 g/mol. The number of nitrogens with one attached hydrogen (secondary N) is 1. The number of anilines is 1. The molecule has 2 heterocycles. The first-order chi connectivity index (χ1) is 10.1. The van der Waals surface area contributed by atoms with Gasteiger partial charge >= 0.3 is 0 Å². The topological polar surface area (TPSA) is 54.9 Å². The van der Waals surface area contributed by atoms with E-state index in [9.17, 15) is 4.79 Å². The molecule has 21 heavy (non-hydrogen) atoms. The number of carbonyl (C=O) groups excluding carboxylic acids is 1. The van der Waals surface area contributed by atoms with Crippen LogP contribution in [0.25, 0.3) is 10.9 Å². The summed E-state index contributed by atoms with van der Waals surface area (Å²) < 4.78 is 0.701. The maximum atomic E-state index is 12.2. The van der Waals surface area contributed by atoms with Crippen LogP contribution >= 0.6 is 27.5 Å². The Hall–Kier alpha value is -1.98. The molecule has 0 radical (unpaired) electrons. The van der Waals surface area contributed by atoms with Crippen molar-refractivity contribution in [1.29, 1.82) is 0 Å². The van der Waals surface area contributed by atoms with Crippen LogP contribution in [0.15, 0.2) is 53.3 Å². The minimum Gasteiger partial charge on any atom is -0.319 e. The van der Waals surface area contributed by atoms with E-state index in [1.165, 1.54) is 0 Å². The van der Waals surface area contributed by atoms with Crippen molar-refractivity contribution in [3.05, 3.63) is 64.0 Å². The Morgan fingerprint density at radius 2 is 2.00 bits per heavy atom. The van der Waals surface area contributed by atoms with Gasteiger partial charge in [-0.25, -0.2) is 9.97 Å². The number of amides is 1. The summed E-state index contributed by atoms with van der Waals surface area (Å²) in [7, 11) is 0. The molecular formula is C15H9BrClN3O. The predicted octanol–water partition coefficient (Wildman–Crippen LogP) is 4.30. The normalized spacial score (nSPS) is 10.6. The summed E-state index contributed by atoms with van der Waals surface area (Å²) in [6, 6.07) is 12.5. The monoisotopic (exact) mass is 361 g/mol. The van der Waals surface area contributed by atoms with Crippen LogP contribution in [0.5, 0.6) is 0 Å². The van der Waals surface area contributed by atoms with Crippen molar-refractivity contribution in [3.8, 4) is 0 Å². The first-order valence-electron chi connectivity index (χ1n) is 6.12. The number of para-hydroxylation sites is 1.